The standard InChI is InChI=1S/C12H16N4O4S/c1-4-5-12(2,10(17)20-3)14-8-9(16(18)19)15-6-7-21-11(15)13-8/h6-7,14H,4-5H2,1-3H3. The van der Waals surface area contributed by atoms with Gasteiger partial charge in [0.1, 0.15) is 11.7 Å². The Kier molecular flexibility index (Phi) is 4.12. The van der Waals surface area contributed by atoms with Gasteiger partial charge in [0.15, 0.2) is 0 Å². The Hall–Kier alpha value is -2.16. The number of ether oxygens (including phenoxy) is 1. The lowest BCUT2D eigenvalue weighted by atomic mass is 9.96. The fraction of sp³-hybridized carbons (Fsp3) is 0.500. The summed E-state index contributed by atoms with van der Waals surface area (Å²) in [4.78, 5) is 27.4. The molecule has 0 fully saturated rings. The molecule has 2 aromatic rings. The van der Waals surface area contributed by atoms with E-state index in [0.29, 0.717) is 17.8 Å². The summed E-state index contributed by atoms with van der Waals surface area (Å²) in [7, 11) is 1.29. The molecule has 0 aliphatic rings. The Bertz CT molecular complexity index is 680. The van der Waals surface area contributed by atoms with E-state index < -0.39 is 16.4 Å². The molecule has 1 unspecified atom stereocenters. The lowest BCUT2D eigenvalue weighted by molar-refractivity contribution is -0.389. The highest BCUT2D eigenvalue weighted by Crippen LogP contribution is 2.31. The first-order chi connectivity index (χ1) is 9.92. The molecule has 0 aliphatic carbocycles. The predicted molar refractivity (Wildman–Crippen MR) is 78.7 cm³/mol. The van der Waals surface area contributed by atoms with Gasteiger partial charge < -0.3 is 20.2 Å². The summed E-state index contributed by atoms with van der Waals surface area (Å²) >= 11 is 1.28. The van der Waals surface area contributed by atoms with Gasteiger partial charge in [-0.1, -0.05) is 24.7 Å². The summed E-state index contributed by atoms with van der Waals surface area (Å²) in [6, 6.07) is 0. The maximum Gasteiger partial charge on any atom is 0.372 e. The average Bonchev–Trinajstić information content (AvgIpc) is 2.97. The van der Waals surface area contributed by atoms with Gasteiger partial charge in [-0.05, 0) is 18.3 Å². The third-order valence-electron chi connectivity index (χ3n) is 3.19. The number of nitrogens with one attached hydrogen (secondary N) is 1. The summed E-state index contributed by atoms with van der Waals surface area (Å²) in [6.45, 7) is 3.57. The van der Waals surface area contributed by atoms with Crippen molar-refractivity contribution in [2.75, 3.05) is 12.4 Å². The van der Waals surface area contributed by atoms with Gasteiger partial charge >= 0.3 is 11.8 Å². The van der Waals surface area contributed by atoms with Crippen molar-refractivity contribution in [3.8, 4) is 0 Å². The van der Waals surface area contributed by atoms with E-state index in [2.05, 4.69) is 10.3 Å². The molecule has 0 radical (unpaired) electrons. The Morgan fingerprint density at radius 2 is 2.38 bits per heavy atom. The number of fused-ring (bicyclic) bond motifs is 1. The van der Waals surface area contributed by atoms with Gasteiger partial charge in [0, 0.05) is 5.38 Å². The van der Waals surface area contributed by atoms with Crippen LogP contribution in [-0.2, 0) is 9.53 Å². The summed E-state index contributed by atoms with van der Waals surface area (Å²) in [6.07, 6.45) is 2.77. The van der Waals surface area contributed by atoms with Crippen molar-refractivity contribution < 1.29 is 14.5 Å². The van der Waals surface area contributed by atoms with E-state index >= 15 is 0 Å². The number of carbonyl (C=O) groups excluding carboxylic acids is 1. The van der Waals surface area contributed by atoms with Gasteiger partial charge in [0.25, 0.3) is 4.96 Å². The Labute approximate surface area is 124 Å². The molecule has 9 heteroatoms. The second-order valence-electron chi connectivity index (χ2n) is 4.80. The number of aromatic nitrogens is 2. The summed E-state index contributed by atoms with van der Waals surface area (Å²) in [5.41, 5.74) is -1.06. The van der Waals surface area contributed by atoms with E-state index in [1.54, 1.807) is 18.5 Å². The largest absolute Gasteiger partial charge is 0.467 e. The topological polar surface area (TPSA) is 98.8 Å². The molecule has 1 N–H and O–H groups in total. The molecule has 0 spiro atoms. The fourth-order valence-corrected chi connectivity index (χ4v) is 2.94. The van der Waals surface area contributed by atoms with Crippen LogP contribution >= 0.6 is 11.3 Å². The molecule has 0 saturated heterocycles. The van der Waals surface area contributed by atoms with Gasteiger partial charge in [-0.25, -0.2) is 4.79 Å². The average molecular weight is 312 g/mol. The Morgan fingerprint density at radius 1 is 1.67 bits per heavy atom. The number of hydrogen-bond donors (Lipinski definition) is 1. The van der Waals surface area contributed by atoms with Crippen LogP contribution in [0.5, 0.6) is 0 Å². The molecule has 2 rings (SSSR count). The van der Waals surface area contributed by atoms with E-state index in [4.69, 9.17) is 4.74 Å². The van der Waals surface area contributed by atoms with Crippen LogP contribution in [0, 0.1) is 10.1 Å². The second kappa shape index (κ2) is 5.68. The van der Waals surface area contributed by atoms with E-state index in [-0.39, 0.29) is 11.6 Å². The number of anilines is 1. The number of imidazole rings is 1. The van der Waals surface area contributed by atoms with Gasteiger partial charge in [-0.2, -0.15) is 9.38 Å². The quantitative estimate of drug-likeness (QED) is 0.499. The summed E-state index contributed by atoms with van der Waals surface area (Å²) in [5.74, 6) is -0.583. The zero-order valence-corrected chi connectivity index (χ0v) is 12.8. The normalized spacial score (nSPS) is 13.9. The minimum Gasteiger partial charge on any atom is -0.467 e. The van der Waals surface area contributed by atoms with Crippen molar-refractivity contribution in [2.45, 2.75) is 32.2 Å². The number of rotatable bonds is 6. The highest BCUT2D eigenvalue weighted by atomic mass is 32.1. The zero-order chi connectivity index (χ0) is 15.6. The SMILES string of the molecule is CCCC(C)(Nc1nc2sccn2c1[N+](=O)[O-])C(=O)OC. The first kappa shape index (κ1) is 15.2. The number of nitrogens with zero attached hydrogens (tertiary/aromatic N) is 3. The molecule has 114 valence electrons. The van der Waals surface area contributed by atoms with Crippen LogP contribution in [0.2, 0.25) is 0 Å². The molecule has 0 aromatic carbocycles. The lowest BCUT2D eigenvalue weighted by Gasteiger charge is -2.27. The Morgan fingerprint density at radius 3 is 2.95 bits per heavy atom. The monoisotopic (exact) mass is 312 g/mol. The molecule has 0 bridgehead atoms. The minimum absolute atomic E-state index is 0.0770. The van der Waals surface area contributed by atoms with Crippen LogP contribution in [0.25, 0.3) is 4.96 Å². The molecule has 8 nitrogen and oxygen atoms in total. The zero-order valence-electron chi connectivity index (χ0n) is 12.0. The van der Waals surface area contributed by atoms with E-state index in [0.717, 1.165) is 0 Å². The van der Waals surface area contributed by atoms with Crippen LogP contribution in [0.4, 0.5) is 11.6 Å². The molecule has 0 amide bonds. The minimum atomic E-state index is -1.06. The van der Waals surface area contributed by atoms with E-state index in [1.165, 1.54) is 22.8 Å². The number of hydrogen-bond acceptors (Lipinski definition) is 7. The number of methoxy groups -OCH3 is 1. The summed E-state index contributed by atoms with van der Waals surface area (Å²) < 4.78 is 6.18. The maximum absolute atomic E-state index is 12.0. The molecular formula is C12H16N4O4S. The first-order valence-electron chi connectivity index (χ1n) is 6.39. The molecule has 1 atom stereocenters. The van der Waals surface area contributed by atoms with Crippen molar-refractivity contribution in [1.29, 1.82) is 0 Å². The third kappa shape index (κ3) is 2.68. The smallest absolute Gasteiger partial charge is 0.372 e. The number of carbonyl (C=O) groups is 1. The lowest BCUT2D eigenvalue weighted by Crippen LogP contribution is -2.44. The summed E-state index contributed by atoms with van der Waals surface area (Å²) in [5, 5.41) is 15.9. The van der Waals surface area contributed by atoms with E-state index in [9.17, 15) is 14.9 Å². The van der Waals surface area contributed by atoms with Crippen LogP contribution in [0.1, 0.15) is 26.7 Å². The van der Waals surface area contributed by atoms with Crippen LogP contribution in [0.15, 0.2) is 11.6 Å². The molecular weight excluding hydrogens is 296 g/mol. The van der Waals surface area contributed by atoms with Gasteiger partial charge in [-0.15, -0.1) is 0 Å². The second-order valence-corrected chi connectivity index (χ2v) is 5.67. The van der Waals surface area contributed by atoms with Crippen LogP contribution in [-0.4, -0.2) is 32.9 Å². The van der Waals surface area contributed by atoms with Gasteiger partial charge in [0.2, 0.25) is 5.82 Å². The van der Waals surface area contributed by atoms with Gasteiger partial charge in [0.05, 0.1) is 7.11 Å². The molecule has 21 heavy (non-hydrogen) atoms. The number of nitro groups is 1. The maximum atomic E-state index is 12.0. The fourth-order valence-electron chi connectivity index (χ4n) is 2.23. The highest BCUT2D eigenvalue weighted by Gasteiger charge is 2.37. The van der Waals surface area contributed by atoms with Crippen molar-refractivity contribution in [2.24, 2.45) is 0 Å². The van der Waals surface area contributed by atoms with Crippen LogP contribution < -0.4 is 5.32 Å². The van der Waals surface area contributed by atoms with Crippen molar-refractivity contribution >= 4 is 33.9 Å². The van der Waals surface area contributed by atoms with Crippen molar-refractivity contribution in [3.05, 3.63) is 21.7 Å². The van der Waals surface area contributed by atoms with Crippen molar-refractivity contribution in [1.82, 2.24) is 9.38 Å². The Balaban J connectivity index is 2.45. The number of esters is 1. The number of thiazole rings is 1. The molecule has 2 aromatic heterocycles. The highest BCUT2D eigenvalue weighted by molar-refractivity contribution is 7.15. The third-order valence-corrected chi connectivity index (χ3v) is 3.95. The van der Waals surface area contributed by atoms with Gasteiger partial charge in [-0.3, -0.25) is 0 Å². The predicted octanol–water partition coefficient (Wildman–Crippen LogP) is 2.45. The van der Waals surface area contributed by atoms with E-state index in [1.807, 2.05) is 6.92 Å². The van der Waals surface area contributed by atoms with Crippen LogP contribution in [0.3, 0.4) is 0 Å². The molecule has 2 heterocycles. The first-order valence-corrected chi connectivity index (χ1v) is 7.27. The molecule has 0 aliphatic heterocycles. The molecule has 0 saturated carbocycles. The van der Waals surface area contributed by atoms with Crippen molar-refractivity contribution in [3.63, 3.8) is 0 Å².